The molecule has 1 aliphatic heterocycles. The predicted molar refractivity (Wildman–Crippen MR) is 71.2 cm³/mol. The van der Waals surface area contributed by atoms with Crippen molar-refractivity contribution >= 4 is 0 Å². The van der Waals surface area contributed by atoms with Gasteiger partial charge in [0.1, 0.15) is 11.5 Å². The second-order valence-corrected chi connectivity index (χ2v) is 4.79. The monoisotopic (exact) mass is 240 g/mol. The van der Waals surface area contributed by atoms with Crippen molar-refractivity contribution in [3.05, 3.63) is 59.2 Å². The van der Waals surface area contributed by atoms with E-state index < -0.39 is 0 Å². The molecular weight excluding hydrogens is 224 g/mol. The summed E-state index contributed by atoms with van der Waals surface area (Å²) >= 11 is 0. The highest BCUT2D eigenvalue weighted by Gasteiger charge is 2.24. The van der Waals surface area contributed by atoms with Crippen LogP contribution in [0.25, 0.3) is 0 Å². The first kappa shape index (κ1) is 11.1. The van der Waals surface area contributed by atoms with Gasteiger partial charge in [-0.1, -0.05) is 35.9 Å². The van der Waals surface area contributed by atoms with Gasteiger partial charge in [0.2, 0.25) is 0 Å². The zero-order valence-corrected chi connectivity index (χ0v) is 10.4. The third-order valence-corrected chi connectivity index (χ3v) is 3.52. The summed E-state index contributed by atoms with van der Waals surface area (Å²) in [5.74, 6) is 1.55. The average Bonchev–Trinajstić information content (AvgIpc) is 2.41. The van der Waals surface area contributed by atoms with E-state index in [9.17, 15) is 5.11 Å². The maximum atomic E-state index is 10.1. The van der Waals surface area contributed by atoms with E-state index in [-0.39, 0.29) is 5.92 Å². The Balaban J connectivity index is 2.11. The maximum Gasteiger partial charge on any atom is 0.123 e. The van der Waals surface area contributed by atoms with Crippen molar-refractivity contribution in [2.75, 3.05) is 6.61 Å². The fourth-order valence-electron chi connectivity index (χ4n) is 2.62. The summed E-state index contributed by atoms with van der Waals surface area (Å²) in [5.41, 5.74) is 3.35. The molecule has 2 heteroatoms. The second-order valence-electron chi connectivity index (χ2n) is 4.79. The Morgan fingerprint density at radius 2 is 1.94 bits per heavy atom. The SMILES string of the molecule is Cc1ccc(O)c(C2CCOc3ccccc32)c1. The van der Waals surface area contributed by atoms with Crippen LogP contribution in [0.1, 0.15) is 29.0 Å². The fraction of sp³-hybridized carbons (Fsp3) is 0.250. The van der Waals surface area contributed by atoms with E-state index in [2.05, 4.69) is 12.1 Å². The Labute approximate surface area is 107 Å². The van der Waals surface area contributed by atoms with Crippen molar-refractivity contribution in [1.82, 2.24) is 0 Å². The molecule has 0 saturated carbocycles. The van der Waals surface area contributed by atoms with E-state index in [0.717, 1.165) is 17.7 Å². The van der Waals surface area contributed by atoms with Crippen LogP contribution in [0.3, 0.4) is 0 Å². The van der Waals surface area contributed by atoms with Gasteiger partial charge >= 0.3 is 0 Å². The van der Waals surface area contributed by atoms with Crippen molar-refractivity contribution in [2.24, 2.45) is 0 Å². The molecule has 0 aromatic heterocycles. The largest absolute Gasteiger partial charge is 0.508 e. The third-order valence-electron chi connectivity index (χ3n) is 3.52. The number of hydrogen-bond acceptors (Lipinski definition) is 2. The number of fused-ring (bicyclic) bond motifs is 1. The van der Waals surface area contributed by atoms with Crippen LogP contribution < -0.4 is 4.74 Å². The van der Waals surface area contributed by atoms with Gasteiger partial charge in [-0.2, -0.15) is 0 Å². The molecule has 2 aromatic carbocycles. The molecule has 0 saturated heterocycles. The van der Waals surface area contributed by atoms with Crippen LogP contribution in [0.15, 0.2) is 42.5 Å². The van der Waals surface area contributed by atoms with Crippen molar-refractivity contribution in [1.29, 1.82) is 0 Å². The van der Waals surface area contributed by atoms with Crippen LogP contribution in [0, 0.1) is 6.92 Å². The molecule has 0 amide bonds. The minimum absolute atomic E-state index is 0.231. The lowest BCUT2D eigenvalue weighted by Gasteiger charge is -2.26. The lowest BCUT2D eigenvalue weighted by molar-refractivity contribution is 0.275. The number of hydrogen-bond donors (Lipinski definition) is 1. The van der Waals surface area contributed by atoms with E-state index in [1.165, 1.54) is 11.1 Å². The number of ether oxygens (including phenoxy) is 1. The Morgan fingerprint density at radius 1 is 1.11 bits per heavy atom. The van der Waals surface area contributed by atoms with Gasteiger partial charge < -0.3 is 9.84 Å². The molecule has 18 heavy (non-hydrogen) atoms. The first-order chi connectivity index (χ1) is 8.75. The van der Waals surface area contributed by atoms with Gasteiger partial charge in [0.05, 0.1) is 6.61 Å². The van der Waals surface area contributed by atoms with Crippen molar-refractivity contribution < 1.29 is 9.84 Å². The number of para-hydroxylation sites is 1. The van der Waals surface area contributed by atoms with Gasteiger partial charge in [-0.05, 0) is 25.5 Å². The van der Waals surface area contributed by atoms with Crippen molar-refractivity contribution in [2.45, 2.75) is 19.3 Å². The van der Waals surface area contributed by atoms with Gasteiger partial charge in [0.15, 0.2) is 0 Å². The van der Waals surface area contributed by atoms with E-state index >= 15 is 0 Å². The molecule has 2 aromatic rings. The van der Waals surface area contributed by atoms with Crippen molar-refractivity contribution in [3.8, 4) is 11.5 Å². The summed E-state index contributed by atoms with van der Waals surface area (Å²) in [5, 5.41) is 10.1. The highest BCUT2D eigenvalue weighted by atomic mass is 16.5. The highest BCUT2D eigenvalue weighted by molar-refractivity contribution is 5.48. The first-order valence-corrected chi connectivity index (χ1v) is 6.27. The van der Waals surface area contributed by atoms with Crippen LogP contribution in [-0.4, -0.2) is 11.7 Å². The van der Waals surface area contributed by atoms with Crippen molar-refractivity contribution in [3.63, 3.8) is 0 Å². The minimum Gasteiger partial charge on any atom is -0.508 e. The molecule has 1 heterocycles. The van der Waals surface area contributed by atoms with Crippen LogP contribution in [0.4, 0.5) is 0 Å². The molecule has 0 fully saturated rings. The van der Waals surface area contributed by atoms with E-state index in [4.69, 9.17) is 4.74 Å². The van der Waals surface area contributed by atoms with Gasteiger partial charge in [0.25, 0.3) is 0 Å². The topological polar surface area (TPSA) is 29.5 Å². The molecule has 2 nitrogen and oxygen atoms in total. The van der Waals surface area contributed by atoms with E-state index in [1.807, 2.05) is 31.2 Å². The average molecular weight is 240 g/mol. The molecule has 3 rings (SSSR count). The number of aromatic hydroxyl groups is 1. The maximum absolute atomic E-state index is 10.1. The Morgan fingerprint density at radius 3 is 2.83 bits per heavy atom. The Bertz CT molecular complexity index is 575. The predicted octanol–water partition coefficient (Wildman–Crippen LogP) is 3.62. The van der Waals surface area contributed by atoms with E-state index in [0.29, 0.717) is 12.4 Å². The van der Waals surface area contributed by atoms with Gasteiger partial charge in [0, 0.05) is 17.0 Å². The normalized spacial score (nSPS) is 17.9. The number of phenolic OH excluding ortho intramolecular Hbond substituents is 1. The van der Waals surface area contributed by atoms with Crippen LogP contribution >= 0.6 is 0 Å². The molecule has 1 aliphatic rings. The summed E-state index contributed by atoms with van der Waals surface area (Å²) in [6, 6.07) is 13.9. The zero-order valence-electron chi connectivity index (χ0n) is 10.4. The summed E-state index contributed by atoms with van der Waals surface area (Å²) in [6.45, 7) is 2.75. The lowest BCUT2D eigenvalue weighted by Crippen LogP contribution is -2.15. The highest BCUT2D eigenvalue weighted by Crippen LogP contribution is 2.41. The Kier molecular flexibility index (Phi) is 2.71. The van der Waals surface area contributed by atoms with Crippen LogP contribution in [-0.2, 0) is 0 Å². The van der Waals surface area contributed by atoms with Crippen LogP contribution in [0.5, 0.6) is 11.5 Å². The molecule has 1 N–H and O–H groups in total. The second kappa shape index (κ2) is 4.37. The van der Waals surface area contributed by atoms with E-state index in [1.54, 1.807) is 6.07 Å². The molecule has 0 radical (unpaired) electrons. The molecule has 1 unspecified atom stereocenters. The smallest absolute Gasteiger partial charge is 0.123 e. The Hall–Kier alpha value is -1.96. The number of benzene rings is 2. The first-order valence-electron chi connectivity index (χ1n) is 6.27. The summed E-state index contributed by atoms with van der Waals surface area (Å²) in [6.07, 6.45) is 0.911. The van der Waals surface area contributed by atoms with Crippen LogP contribution in [0.2, 0.25) is 0 Å². The van der Waals surface area contributed by atoms with Gasteiger partial charge in [-0.15, -0.1) is 0 Å². The molecular formula is C16H16O2. The molecule has 0 aliphatic carbocycles. The third kappa shape index (κ3) is 1.84. The number of phenols is 1. The zero-order chi connectivity index (χ0) is 12.5. The number of aryl methyl sites for hydroxylation is 1. The molecule has 0 bridgehead atoms. The number of rotatable bonds is 1. The molecule has 92 valence electrons. The summed E-state index contributed by atoms with van der Waals surface area (Å²) in [7, 11) is 0. The minimum atomic E-state index is 0.231. The quantitative estimate of drug-likeness (QED) is 0.825. The summed E-state index contributed by atoms with van der Waals surface area (Å²) < 4.78 is 5.66. The van der Waals surface area contributed by atoms with Gasteiger partial charge in [-0.25, -0.2) is 0 Å². The summed E-state index contributed by atoms with van der Waals surface area (Å²) in [4.78, 5) is 0. The molecule has 1 atom stereocenters. The standard InChI is InChI=1S/C16H16O2/c1-11-6-7-15(17)14(10-11)12-8-9-18-16-5-3-2-4-13(12)16/h2-7,10,12,17H,8-9H2,1H3. The van der Waals surface area contributed by atoms with Gasteiger partial charge in [-0.3, -0.25) is 0 Å². The fourth-order valence-corrected chi connectivity index (χ4v) is 2.62. The lowest BCUT2D eigenvalue weighted by atomic mass is 9.85. The molecule has 0 spiro atoms.